The Morgan fingerprint density at radius 1 is 1.39 bits per heavy atom. The lowest BCUT2D eigenvalue weighted by atomic mass is 10.1. The van der Waals surface area contributed by atoms with E-state index < -0.39 is 0 Å². The summed E-state index contributed by atoms with van der Waals surface area (Å²) in [6.07, 6.45) is 4.97. The Hall–Kier alpha value is -1.96. The Bertz CT molecular complexity index is 681. The molecule has 0 bridgehead atoms. The number of aryl methyl sites for hydroxylation is 2. The molecule has 1 N–H and O–H groups in total. The van der Waals surface area contributed by atoms with Crippen LogP contribution >= 0.6 is 15.9 Å². The van der Waals surface area contributed by atoms with Crippen LogP contribution < -0.4 is 4.74 Å². The lowest BCUT2D eigenvalue weighted by Crippen LogP contribution is -2.44. The number of carbonyl (C=O) groups is 1. The van der Waals surface area contributed by atoms with Crippen molar-refractivity contribution in [2.75, 3.05) is 13.1 Å². The van der Waals surface area contributed by atoms with E-state index in [1.54, 1.807) is 12.4 Å². The van der Waals surface area contributed by atoms with Crippen molar-refractivity contribution in [3.05, 3.63) is 33.8 Å². The molecular weight excluding hydrogens is 362 g/mol. The molecule has 1 aliphatic heterocycles. The van der Waals surface area contributed by atoms with Crippen molar-refractivity contribution in [3.8, 4) is 6.01 Å². The van der Waals surface area contributed by atoms with Crippen LogP contribution in [0.1, 0.15) is 34.6 Å². The molecule has 2 aromatic rings. The molecule has 1 saturated heterocycles. The van der Waals surface area contributed by atoms with E-state index in [9.17, 15) is 4.79 Å². The van der Waals surface area contributed by atoms with Gasteiger partial charge in [-0.25, -0.2) is 9.97 Å². The highest BCUT2D eigenvalue weighted by Crippen LogP contribution is 2.20. The normalized spacial score (nSPS) is 18.0. The van der Waals surface area contributed by atoms with Crippen molar-refractivity contribution in [1.29, 1.82) is 0 Å². The maximum Gasteiger partial charge on any atom is 0.316 e. The topological polar surface area (TPSA) is 84.0 Å². The van der Waals surface area contributed by atoms with Gasteiger partial charge in [0.25, 0.3) is 5.91 Å². The minimum absolute atomic E-state index is 0.00113. The number of nitrogens with zero attached hydrogens (tertiary/aromatic N) is 4. The molecule has 1 atom stereocenters. The molecule has 0 aromatic carbocycles. The average molecular weight is 380 g/mol. The summed E-state index contributed by atoms with van der Waals surface area (Å²) in [6.45, 7) is 4.96. The van der Waals surface area contributed by atoms with Gasteiger partial charge in [-0.15, -0.1) is 0 Å². The summed E-state index contributed by atoms with van der Waals surface area (Å²) in [5.41, 5.74) is 2.18. The van der Waals surface area contributed by atoms with Crippen LogP contribution in [0.15, 0.2) is 16.9 Å². The summed E-state index contributed by atoms with van der Waals surface area (Å²) in [5, 5.41) is 6.96. The standard InChI is InChI=1S/C15H18BrN5O2/c1-9-13(10(2)20-19-9)14(22)21-5-3-4-12(8-21)23-15-17-6-11(16)7-18-15/h6-7,12H,3-5,8H2,1-2H3,(H,19,20). The Morgan fingerprint density at radius 3 is 2.78 bits per heavy atom. The van der Waals surface area contributed by atoms with E-state index in [0.717, 1.165) is 35.2 Å². The van der Waals surface area contributed by atoms with Crippen LogP contribution in [0, 0.1) is 13.8 Å². The fourth-order valence-corrected chi connectivity index (χ4v) is 2.96. The van der Waals surface area contributed by atoms with Crippen molar-refractivity contribution in [2.45, 2.75) is 32.8 Å². The number of aromatic nitrogens is 4. The number of H-pyrrole nitrogens is 1. The first kappa shape index (κ1) is 15.9. The molecule has 3 heterocycles. The maximum atomic E-state index is 12.7. The van der Waals surface area contributed by atoms with E-state index in [-0.39, 0.29) is 12.0 Å². The molecule has 0 radical (unpaired) electrons. The third kappa shape index (κ3) is 3.52. The number of carbonyl (C=O) groups excluding carboxylic acids is 1. The van der Waals surface area contributed by atoms with E-state index in [1.165, 1.54) is 0 Å². The molecule has 1 fully saturated rings. The van der Waals surface area contributed by atoms with Crippen molar-refractivity contribution < 1.29 is 9.53 Å². The minimum atomic E-state index is -0.0959. The third-order valence-corrected chi connectivity index (χ3v) is 4.29. The first-order chi connectivity index (χ1) is 11.0. The summed E-state index contributed by atoms with van der Waals surface area (Å²) in [6, 6.07) is 0.336. The predicted octanol–water partition coefficient (Wildman–Crippen LogP) is 2.26. The van der Waals surface area contributed by atoms with Gasteiger partial charge in [0.05, 0.1) is 22.3 Å². The number of halogens is 1. The van der Waals surface area contributed by atoms with Gasteiger partial charge in [-0.2, -0.15) is 5.10 Å². The monoisotopic (exact) mass is 379 g/mol. The molecule has 1 aliphatic rings. The number of piperidine rings is 1. The number of hydrogen-bond donors (Lipinski definition) is 1. The molecular formula is C15H18BrN5O2. The number of rotatable bonds is 3. The SMILES string of the molecule is Cc1n[nH]c(C)c1C(=O)N1CCCC(Oc2ncc(Br)cn2)C1. The second-order valence-electron chi connectivity index (χ2n) is 5.63. The molecule has 8 heteroatoms. The fraction of sp³-hybridized carbons (Fsp3) is 0.467. The fourth-order valence-electron chi connectivity index (χ4n) is 2.75. The Morgan fingerprint density at radius 2 is 2.13 bits per heavy atom. The lowest BCUT2D eigenvalue weighted by molar-refractivity contribution is 0.0514. The van der Waals surface area contributed by atoms with Crippen LogP contribution in [0.2, 0.25) is 0 Å². The smallest absolute Gasteiger partial charge is 0.316 e. The first-order valence-electron chi connectivity index (χ1n) is 7.49. The summed E-state index contributed by atoms with van der Waals surface area (Å²) in [5.74, 6) is -0.00113. The second-order valence-corrected chi connectivity index (χ2v) is 6.54. The molecule has 0 saturated carbocycles. The molecule has 23 heavy (non-hydrogen) atoms. The summed E-state index contributed by atoms with van der Waals surface area (Å²) < 4.78 is 6.61. The van der Waals surface area contributed by atoms with Gasteiger partial charge >= 0.3 is 6.01 Å². The van der Waals surface area contributed by atoms with Crippen LogP contribution in [0.25, 0.3) is 0 Å². The van der Waals surface area contributed by atoms with Gasteiger partial charge in [0.2, 0.25) is 0 Å². The zero-order valence-electron chi connectivity index (χ0n) is 13.0. The molecule has 1 unspecified atom stereocenters. The number of nitrogens with one attached hydrogen (secondary N) is 1. The van der Waals surface area contributed by atoms with Crippen molar-refractivity contribution in [1.82, 2.24) is 25.1 Å². The van der Waals surface area contributed by atoms with Crippen LogP contribution in [-0.4, -0.2) is 50.2 Å². The first-order valence-corrected chi connectivity index (χ1v) is 8.29. The largest absolute Gasteiger partial charge is 0.458 e. The van der Waals surface area contributed by atoms with Crippen LogP contribution in [0.3, 0.4) is 0 Å². The van der Waals surface area contributed by atoms with Gasteiger partial charge in [-0.05, 0) is 42.6 Å². The van der Waals surface area contributed by atoms with Crippen molar-refractivity contribution in [2.24, 2.45) is 0 Å². The Balaban J connectivity index is 1.68. The summed E-state index contributed by atoms with van der Waals surface area (Å²) in [7, 11) is 0. The molecule has 122 valence electrons. The Labute approximate surface area is 142 Å². The van der Waals surface area contributed by atoms with Gasteiger partial charge in [-0.3, -0.25) is 9.89 Å². The molecule has 0 spiro atoms. The van der Waals surface area contributed by atoms with Crippen molar-refractivity contribution >= 4 is 21.8 Å². The van der Waals surface area contributed by atoms with Gasteiger partial charge in [-0.1, -0.05) is 0 Å². The number of likely N-dealkylation sites (tertiary alicyclic amines) is 1. The lowest BCUT2D eigenvalue weighted by Gasteiger charge is -2.32. The maximum absolute atomic E-state index is 12.7. The predicted molar refractivity (Wildman–Crippen MR) is 87.3 cm³/mol. The van der Waals surface area contributed by atoms with E-state index in [4.69, 9.17) is 4.74 Å². The number of amides is 1. The van der Waals surface area contributed by atoms with Crippen molar-refractivity contribution in [3.63, 3.8) is 0 Å². The summed E-state index contributed by atoms with van der Waals surface area (Å²) in [4.78, 5) is 22.8. The number of ether oxygens (including phenoxy) is 1. The molecule has 1 amide bonds. The zero-order valence-corrected chi connectivity index (χ0v) is 14.6. The van der Waals surface area contributed by atoms with Gasteiger partial charge in [0.15, 0.2) is 0 Å². The quantitative estimate of drug-likeness (QED) is 0.883. The number of hydrogen-bond acceptors (Lipinski definition) is 5. The van der Waals surface area contributed by atoms with E-state index in [2.05, 4.69) is 36.1 Å². The van der Waals surface area contributed by atoms with Crippen LogP contribution in [-0.2, 0) is 0 Å². The average Bonchev–Trinajstić information content (AvgIpc) is 2.88. The summed E-state index contributed by atoms with van der Waals surface area (Å²) >= 11 is 3.29. The molecule has 2 aromatic heterocycles. The zero-order chi connectivity index (χ0) is 16.4. The van der Waals surface area contributed by atoms with Crippen LogP contribution in [0.4, 0.5) is 0 Å². The van der Waals surface area contributed by atoms with E-state index in [0.29, 0.717) is 18.1 Å². The molecule has 7 nitrogen and oxygen atoms in total. The highest BCUT2D eigenvalue weighted by Gasteiger charge is 2.28. The minimum Gasteiger partial charge on any atom is -0.458 e. The highest BCUT2D eigenvalue weighted by molar-refractivity contribution is 9.10. The number of aromatic amines is 1. The van der Waals surface area contributed by atoms with E-state index in [1.807, 2.05) is 18.7 Å². The van der Waals surface area contributed by atoms with E-state index >= 15 is 0 Å². The second kappa shape index (κ2) is 6.66. The van der Waals surface area contributed by atoms with Gasteiger partial charge in [0, 0.05) is 24.6 Å². The molecule has 0 aliphatic carbocycles. The third-order valence-electron chi connectivity index (χ3n) is 3.88. The Kier molecular flexibility index (Phi) is 4.61. The van der Waals surface area contributed by atoms with Gasteiger partial charge in [0.1, 0.15) is 6.10 Å². The highest BCUT2D eigenvalue weighted by atomic mass is 79.9. The van der Waals surface area contributed by atoms with Crippen LogP contribution in [0.5, 0.6) is 6.01 Å². The van der Waals surface area contributed by atoms with Gasteiger partial charge < -0.3 is 9.64 Å². The molecule has 3 rings (SSSR count).